The van der Waals surface area contributed by atoms with E-state index in [0.29, 0.717) is 0 Å². The van der Waals surface area contributed by atoms with Crippen molar-refractivity contribution in [1.82, 2.24) is 18.3 Å². The maximum absolute atomic E-state index is 14.0. The third-order valence-electron chi connectivity index (χ3n) is 5.49. The Hall–Kier alpha value is -3.19. The Balaban J connectivity index is 2.66. The summed E-state index contributed by atoms with van der Waals surface area (Å²) in [5.74, 6) is -3.28. The molecule has 2 N–H and O–H groups in total. The second kappa shape index (κ2) is 8.30. The normalized spacial score (nSPS) is 11.9. The molecule has 0 fully saturated rings. The van der Waals surface area contributed by atoms with E-state index in [1.165, 1.54) is 34.3 Å². The molecule has 0 saturated carbocycles. The van der Waals surface area contributed by atoms with Crippen LogP contribution in [0.25, 0.3) is 0 Å². The second-order valence-corrected chi connectivity index (χ2v) is 8.13. The molecule has 0 saturated heterocycles. The molecular formula is C20H19F3N4O4S2. The van der Waals surface area contributed by atoms with Crippen LogP contribution in [-0.4, -0.2) is 28.5 Å². The first-order chi connectivity index (χ1) is 15.2. The van der Waals surface area contributed by atoms with E-state index >= 15 is 0 Å². The quantitative estimate of drug-likeness (QED) is 0.538. The van der Waals surface area contributed by atoms with Crippen LogP contribution in [0, 0.1) is 9.54 Å². The van der Waals surface area contributed by atoms with Gasteiger partial charge in [0, 0.05) is 28.2 Å². The molecule has 3 aromatic rings. The molecule has 2 aromatic heterocycles. The molecule has 176 valence electrons. The molecule has 0 radical (unpaired) electrons. The Labute approximate surface area is 195 Å². The molecule has 1 aromatic carbocycles. The second-order valence-electron chi connectivity index (χ2n) is 7.40. The zero-order chi connectivity index (χ0) is 25.0. The summed E-state index contributed by atoms with van der Waals surface area (Å²) in [6.07, 6.45) is -4.86. The van der Waals surface area contributed by atoms with Crippen LogP contribution in [0.4, 0.5) is 13.2 Å². The third kappa shape index (κ3) is 3.80. The third-order valence-corrected chi connectivity index (χ3v) is 6.59. The van der Waals surface area contributed by atoms with Gasteiger partial charge in [-0.3, -0.25) is 27.9 Å². The molecule has 0 bridgehead atoms. The number of aromatic nitrogens is 4. The average molecular weight is 501 g/mol. The van der Waals surface area contributed by atoms with Crippen LogP contribution in [0.2, 0.25) is 0 Å². The van der Waals surface area contributed by atoms with E-state index in [1.807, 2.05) is 0 Å². The Morgan fingerprint density at radius 3 is 1.58 bits per heavy atom. The van der Waals surface area contributed by atoms with Crippen molar-refractivity contribution in [2.24, 2.45) is 28.2 Å². The molecule has 0 amide bonds. The number of hydrogen-bond acceptors (Lipinski definition) is 6. The molecule has 0 aliphatic heterocycles. The molecule has 0 aliphatic rings. The Morgan fingerprint density at radius 1 is 0.788 bits per heavy atom. The van der Waals surface area contributed by atoms with Gasteiger partial charge in [-0.05, 0) is 36.1 Å². The summed E-state index contributed by atoms with van der Waals surface area (Å²) in [6, 6.07) is 4.31. The molecule has 2 heterocycles. The molecule has 0 aliphatic carbocycles. The lowest BCUT2D eigenvalue weighted by Gasteiger charge is -2.25. The molecule has 8 nitrogen and oxygen atoms in total. The Kier molecular flexibility index (Phi) is 6.15. The van der Waals surface area contributed by atoms with Gasteiger partial charge in [0.25, 0.3) is 11.1 Å². The summed E-state index contributed by atoms with van der Waals surface area (Å²) in [7, 11) is 5.20. The first-order valence-corrected chi connectivity index (χ1v) is 10.2. The van der Waals surface area contributed by atoms with Gasteiger partial charge in [0.15, 0.2) is 9.54 Å². The lowest BCUT2D eigenvalue weighted by Crippen LogP contribution is -2.33. The van der Waals surface area contributed by atoms with Crippen LogP contribution in [0.1, 0.15) is 28.2 Å². The number of benzene rings is 1. The number of aromatic hydroxyl groups is 2. The van der Waals surface area contributed by atoms with Gasteiger partial charge in [-0.1, -0.05) is 18.2 Å². The van der Waals surface area contributed by atoms with Gasteiger partial charge < -0.3 is 10.2 Å². The molecule has 33 heavy (non-hydrogen) atoms. The maximum Gasteiger partial charge on any atom is 0.416 e. The van der Waals surface area contributed by atoms with Crippen molar-refractivity contribution in [3.05, 3.63) is 76.8 Å². The fourth-order valence-electron chi connectivity index (χ4n) is 3.69. The highest BCUT2D eigenvalue weighted by Crippen LogP contribution is 2.42. The summed E-state index contributed by atoms with van der Waals surface area (Å²) < 4.78 is 45.6. The van der Waals surface area contributed by atoms with Crippen LogP contribution in [0.5, 0.6) is 11.8 Å². The van der Waals surface area contributed by atoms with Gasteiger partial charge in [-0.15, -0.1) is 0 Å². The van der Waals surface area contributed by atoms with Crippen LogP contribution in [0.3, 0.4) is 0 Å². The monoisotopic (exact) mass is 500 g/mol. The molecule has 13 heteroatoms. The predicted molar refractivity (Wildman–Crippen MR) is 119 cm³/mol. The van der Waals surface area contributed by atoms with E-state index in [-0.39, 0.29) is 9.54 Å². The van der Waals surface area contributed by atoms with Gasteiger partial charge >= 0.3 is 6.18 Å². The first kappa shape index (κ1) is 24.5. The van der Waals surface area contributed by atoms with Crippen molar-refractivity contribution in [3.8, 4) is 11.8 Å². The summed E-state index contributed by atoms with van der Waals surface area (Å²) in [5, 5.41) is 21.7. The van der Waals surface area contributed by atoms with Gasteiger partial charge in [0.1, 0.15) is 0 Å². The van der Waals surface area contributed by atoms with Crippen molar-refractivity contribution < 1.29 is 23.4 Å². The zero-order valence-corrected chi connectivity index (χ0v) is 19.5. The number of halogens is 3. The largest absolute Gasteiger partial charge is 0.494 e. The number of rotatable bonds is 3. The highest BCUT2D eigenvalue weighted by molar-refractivity contribution is 7.71. The minimum atomic E-state index is -4.86. The van der Waals surface area contributed by atoms with Crippen molar-refractivity contribution in [2.75, 3.05) is 0 Å². The maximum atomic E-state index is 14.0. The average Bonchev–Trinajstić information content (AvgIpc) is 2.77. The minimum absolute atomic E-state index is 0.104. The van der Waals surface area contributed by atoms with Crippen LogP contribution < -0.4 is 11.1 Å². The number of nitrogens with zero attached hydrogens (tertiary/aromatic N) is 4. The van der Waals surface area contributed by atoms with Crippen molar-refractivity contribution in [2.45, 2.75) is 12.1 Å². The summed E-state index contributed by atoms with van der Waals surface area (Å²) in [5.41, 5.74) is -4.63. The van der Waals surface area contributed by atoms with Gasteiger partial charge in [0.05, 0.1) is 22.6 Å². The molecule has 3 rings (SSSR count). The van der Waals surface area contributed by atoms with Gasteiger partial charge in [-0.25, -0.2) is 0 Å². The van der Waals surface area contributed by atoms with Crippen molar-refractivity contribution >= 4 is 24.4 Å². The fraction of sp³-hybridized carbons (Fsp3) is 0.300. The lowest BCUT2D eigenvalue weighted by atomic mass is 9.83. The molecular weight excluding hydrogens is 481 g/mol. The standard InChI is InChI=1S/C20H19F3N4O4S2/c1-24-14(28)12(15(29)25(2)18(24)32)11(9-7-5-6-8-10(9)20(21,22)23)13-16(30)26(3)19(33)27(4)17(13)31/h5-8,11,28,30H,1-4H3. The minimum Gasteiger partial charge on any atom is -0.494 e. The molecule has 0 spiro atoms. The van der Waals surface area contributed by atoms with Crippen LogP contribution in [0.15, 0.2) is 33.9 Å². The topological polar surface area (TPSA) is 94.3 Å². The Morgan fingerprint density at radius 2 is 1.18 bits per heavy atom. The lowest BCUT2D eigenvalue weighted by molar-refractivity contribution is -0.138. The Bertz CT molecular complexity index is 1430. The zero-order valence-electron chi connectivity index (χ0n) is 17.8. The number of alkyl halides is 3. The van der Waals surface area contributed by atoms with E-state index in [9.17, 15) is 33.0 Å². The molecule has 0 atom stereocenters. The van der Waals surface area contributed by atoms with E-state index < -0.39 is 57.2 Å². The summed E-state index contributed by atoms with van der Waals surface area (Å²) in [6.45, 7) is 0. The van der Waals surface area contributed by atoms with E-state index in [0.717, 1.165) is 36.5 Å². The first-order valence-electron chi connectivity index (χ1n) is 9.35. The smallest absolute Gasteiger partial charge is 0.416 e. The highest BCUT2D eigenvalue weighted by atomic mass is 32.1. The van der Waals surface area contributed by atoms with E-state index in [4.69, 9.17) is 24.4 Å². The van der Waals surface area contributed by atoms with Crippen LogP contribution in [-0.2, 0) is 34.4 Å². The fourth-order valence-corrected chi connectivity index (χ4v) is 4.03. The SMILES string of the molecule is Cn1c(O)c(C(c2ccccc2C(F)(F)F)c2c(O)n(C)c(=S)n(C)c2=O)c(=O)n(C)c1=S. The highest BCUT2D eigenvalue weighted by Gasteiger charge is 2.40. The number of hydrogen-bond donors (Lipinski definition) is 2. The summed E-state index contributed by atoms with van der Waals surface area (Å²) in [4.78, 5) is 26.4. The predicted octanol–water partition coefficient (Wildman–Crippen LogP) is 2.83. The van der Waals surface area contributed by atoms with E-state index in [2.05, 4.69) is 0 Å². The van der Waals surface area contributed by atoms with Gasteiger partial charge in [-0.2, -0.15) is 13.2 Å². The van der Waals surface area contributed by atoms with E-state index in [1.54, 1.807) is 0 Å². The van der Waals surface area contributed by atoms with Crippen molar-refractivity contribution in [1.29, 1.82) is 0 Å². The van der Waals surface area contributed by atoms with Crippen molar-refractivity contribution in [3.63, 3.8) is 0 Å². The van der Waals surface area contributed by atoms with Crippen LogP contribution >= 0.6 is 24.4 Å². The summed E-state index contributed by atoms with van der Waals surface area (Å²) >= 11 is 10.2. The molecule has 0 unspecified atom stereocenters. The van der Waals surface area contributed by atoms with Gasteiger partial charge in [0.2, 0.25) is 11.8 Å².